The zero-order chi connectivity index (χ0) is 14.8. The third-order valence-electron chi connectivity index (χ3n) is 3.84. The number of sulfonamides is 1. The summed E-state index contributed by atoms with van der Waals surface area (Å²) in [6.07, 6.45) is 1.02. The van der Waals surface area contributed by atoms with E-state index in [1.807, 2.05) is 0 Å². The predicted molar refractivity (Wildman–Crippen MR) is 74.8 cm³/mol. The number of carbonyl (C=O) groups is 1. The van der Waals surface area contributed by atoms with Crippen molar-refractivity contribution in [3.05, 3.63) is 0 Å². The molecule has 7 nitrogen and oxygen atoms in total. The molecule has 0 aromatic rings. The molecule has 0 saturated carbocycles. The quantitative estimate of drug-likeness (QED) is 0.713. The van der Waals surface area contributed by atoms with Gasteiger partial charge < -0.3 is 15.0 Å². The van der Waals surface area contributed by atoms with Gasteiger partial charge >= 0.3 is 0 Å². The Morgan fingerprint density at radius 2 is 1.95 bits per heavy atom. The Bertz CT molecular complexity index is 446. The van der Waals surface area contributed by atoms with Gasteiger partial charge in [-0.25, -0.2) is 8.42 Å². The lowest BCUT2D eigenvalue weighted by Crippen LogP contribution is -2.61. The van der Waals surface area contributed by atoms with Crippen LogP contribution in [0.5, 0.6) is 0 Å². The highest BCUT2D eigenvalue weighted by Crippen LogP contribution is 2.23. The SMILES string of the molecule is CN(C)C(=O)C1CNCCN1S(=O)(=O)C1CCOCC1. The van der Waals surface area contributed by atoms with Crippen LogP contribution in [0.3, 0.4) is 0 Å². The van der Waals surface area contributed by atoms with Gasteiger partial charge in [-0.1, -0.05) is 0 Å². The number of piperazine rings is 1. The molecule has 1 amide bonds. The van der Waals surface area contributed by atoms with Gasteiger partial charge in [-0.2, -0.15) is 4.31 Å². The Balaban J connectivity index is 2.20. The Morgan fingerprint density at radius 3 is 2.55 bits per heavy atom. The largest absolute Gasteiger partial charge is 0.381 e. The monoisotopic (exact) mass is 305 g/mol. The van der Waals surface area contributed by atoms with E-state index >= 15 is 0 Å². The lowest BCUT2D eigenvalue weighted by molar-refractivity contribution is -0.133. The van der Waals surface area contributed by atoms with Crippen LogP contribution >= 0.6 is 0 Å². The molecule has 20 heavy (non-hydrogen) atoms. The normalized spacial score (nSPS) is 26.4. The minimum Gasteiger partial charge on any atom is -0.381 e. The molecule has 1 unspecified atom stereocenters. The lowest BCUT2D eigenvalue weighted by Gasteiger charge is -2.38. The first kappa shape index (κ1) is 15.7. The molecule has 2 rings (SSSR count). The van der Waals surface area contributed by atoms with E-state index in [0.29, 0.717) is 45.7 Å². The third kappa shape index (κ3) is 3.13. The minimum absolute atomic E-state index is 0.173. The fourth-order valence-corrected chi connectivity index (χ4v) is 4.70. The van der Waals surface area contributed by atoms with Crippen molar-refractivity contribution in [2.24, 2.45) is 0 Å². The second-order valence-corrected chi connectivity index (χ2v) is 7.59. The molecule has 1 N–H and O–H groups in total. The fourth-order valence-electron chi connectivity index (χ4n) is 2.66. The van der Waals surface area contributed by atoms with Gasteiger partial charge in [0.05, 0.1) is 5.25 Å². The van der Waals surface area contributed by atoms with Crippen LogP contribution in [0.25, 0.3) is 0 Å². The highest BCUT2D eigenvalue weighted by atomic mass is 32.2. The average molecular weight is 305 g/mol. The van der Waals surface area contributed by atoms with E-state index in [4.69, 9.17) is 4.74 Å². The third-order valence-corrected chi connectivity index (χ3v) is 6.24. The summed E-state index contributed by atoms with van der Waals surface area (Å²) in [6, 6.07) is -0.633. The first-order valence-electron chi connectivity index (χ1n) is 6.95. The molecule has 0 spiro atoms. The van der Waals surface area contributed by atoms with E-state index in [9.17, 15) is 13.2 Å². The number of hydrogen-bond donors (Lipinski definition) is 1. The van der Waals surface area contributed by atoms with Crippen molar-refractivity contribution in [3.63, 3.8) is 0 Å². The van der Waals surface area contributed by atoms with E-state index in [2.05, 4.69) is 5.32 Å². The molecule has 2 fully saturated rings. The smallest absolute Gasteiger partial charge is 0.241 e. The maximum absolute atomic E-state index is 12.7. The molecule has 0 aromatic carbocycles. The summed E-state index contributed by atoms with van der Waals surface area (Å²) in [5.41, 5.74) is 0. The van der Waals surface area contributed by atoms with Gasteiger partial charge in [0.25, 0.3) is 0 Å². The van der Waals surface area contributed by atoms with Gasteiger partial charge in [0.2, 0.25) is 15.9 Å². The predicted octanol–water partition coefficient (Wildman–Crippen LogP) is -1.14. The number of nitrogens with one attached hydrogen (secondary N) is 1. The molecule has 2 heterocycles. The van der Waals surface area contributed by atoms with Crippen LogP contribution < -0.4 is 5.32 Å². The Kier molecular flexibility index (Phi) is 5.00. The van der Waals surface area contributed by atoms with Crippen molar-refractivity contribution in [2.75, 3.05) is 46.9 Å². The second-order valence-electron chi connectivity index (χ2n) is 5.42. The van der Waals surface area contributed by atoms with Crippen molar-refractivity contribution in [3.8, 4) is 0 Å². The summed E-state index contributed by atoms with van der Waals surface area (Å²) < 4.78 is 32.1. The van der Waals surface area contributed by atoms with Gasteiger partial charge in [-0.3, -0.25) is 4.79 Å². The van der Waals surface area contributed by atoms with E-state index < -0.39 is 21.3 Å². The first-order valence-corrected chi connectivity index (χ1v) is 8.45. The number of rotatable bonds is 3. The maximum Gasteiger partial charge on any atom is 0.241 e. The van der Waals surface area contributed by atoms with Gasteiger partial charge in [0.15, 0.2) is 0 Å². The average Bonchev–Trinajstić information content (AvgIpc) is 2.47. The molecule has 0 aromatic heterocycles. The number of nitrogens with zero attached hydrogens (tertiary/aromatic N) is 2. The van der Waals surface area contributed by atoms with Crippen molar-refractivity contribution in [1.29, 1.82) is 0 Å². The molecule has 0 bridgehead atoms. The van der Waals surface area contributed by atoms with Crippen molar-refractivity contribution < 1.29 is 17.9 Å². The minimum atomic E-state index is -3.45. The first-order chi connectivity index (χ1) is 9.44. The molecular formula is C12H23N3O4S. The molecular weight excluding hydrogens is 282 g/mol. The zero-order valence-electron chi connectivity index (χ0n) is 12.0. The van der Waals surface area contributed by atoms with Crippen LogP contribution in [0.4, 0.5) is 0 Å². The lowest BCUT2D eigenvalue weighted by atomic mass is 10.2. The highest BCUT2D eigenvalue weighted by molar-refractivity contribution is 7.89. The summed E-state index contributed by atoms with van der Waals surface area (Å²) in [4.78, 5) is 13.6. The highest BCUT2D eigenvalue weighted by Gasteiger charge is 2.41. The van der Waals surface area contributed by atoms with E-state index in [0.717, 1.165) is 0 Å². The van der Waals surface area contributed by atoms with Gasteiger partial charge in [-0.05, 0) is 12.8 Å². The summed E-state index contributed by atoms with van der Waals surface area (Å²) in [6.45, 7) is 2.26. The van der Waals surface area contributed by atoms with Gasteiger partial charge in [0.1, 0.15) is 6.04 Å². The summed E-state index contributed by atoms with van der Waals surface area (Å²) in [7, 11) is -0.149. The number of carbonyl (C=O) groups excluding carboxylic acids is 1. The van der Waals surface area contributed by atoms with Crippen LogP contribution in [-0.2, 0) is 19.6 Å². The Hall–Kier alpha value is -0.700. The van der Waals surface area contributed by atoms with Crippen molar-refractivity contribution in [1.82, 2.24) is 14.5 Å². The molecule has 2 aliphatic rings. The zero-order valence-corrected chi connectivity index (χ0v) is 12.9. The molecule has 1 atom stereocenters. The number of amides is 1. The molecule has 2 saturated heterocycles. The topological polar surface area (TPSA) is 79.0 Å². The number of likely N-dealkylation sites (N-methyl/N-ethyl adjacent to an activating group) is 1. The van der Waals surface area contributed by atoms with Crippen LogP contribution in [0.15, 0.2) is 0 Å². The van der Waals surface area contributed by atoms with Crippen LogP contribution in [0, 0.1) is 0 Å². The number of hydrogen-bond acceptors (Lipinski definition) is 5. The van der Waals surface area contributed by atoms with Crippen molar-refractivity contribution in [2.45, 2.75) is 24.1 Å². The van der Waals surface area contributed by atoms with Gasteiger partial charge in [-0.15, -0.1) is 0 Å². The van der Waals surface area contributed by atoms with Crippen molar-refractivity contribution >= 4 is 15.9 Å². The van der Waals surface area contributed by atoms with Crippen LogP contribution in [0.2, 0.25) is 0 Å². The molecule has 8 heteroatoms. The maximum atomic E-state index is 12.7. The number of ether oxygens (including phenoxy) is 1. The van der Waals surface area contributed by atoms with Gasteiger partial charge in [0, 0.05) is 46.9 Å². The van der Waals surface area contributed by atoms with E-state index in [1.54, 1.807) is 14.1 Å². The second kappa shape index (κ2) is 6.38. The summed E-state index contributed by atoms with van der Waals surface area (Å²) in [5.74, 6) is -0.173. The molecule has 116 valence electrons. The molecule has 2 aliphatic heterocycles. The molecule has 0 aliphatic carbocycles. The van der Waals surface area contributed by atoms with Crippen LogP contribution in [0.1, 0.15) is 12.8 Å². The van der Waals surface area contributed by atoms with E-state index in [1.165, 1.54) is 9.21 Å². The van der Waals surface area contributed by atoms with E-state index in [-0.39, 0.29) is 5.91 Å². The molecule has 0 radical (unpaired) electrons. The fraction of sp³-hybridized carbons (Fsp3) is 0.917. The van der Waals surface area contributed by atoms with Crippen LogP contribution in [-0.4, -0.2) is 81.8 Å². The Labute approximate surface area is 120 Å². The summed E-state index contributed by atoms with van der Waals surface area (Å²) in [5, 5.41) is 2.67. The standard InChI is InChI=1S/C12H23N3O4S/c1-14(2)12(16)11-9-13-5-6-15(11)20(17,18)10-3-7-19-8-4-10/h10-11,13H,3-9H2,1-2H3. The Morgan fingerprint density at radius 1 is 1.30 bits per heavy atom. The summed E-state index contributed by atoms with van der Waals surface area (Å²) >= 11 is 0.